The number of hydrogen-bond donors (Lipinski definition) is 3. The average Bonchev–Trinajstić information content (AvgIpc) is 2.66. The van der Waals surface area contributed by atoms with E-state index in [2.05, 4.69) is 10.3 Å². The van der Waals surface area contributed by atoms with Gasteiger partial charge in [0.05, 0.1) is 12.1 Å². The maximum atomic E-state index is 10.5. The zero-order valence-electron chi connectivity index (χ0n) is 8.65. The molecule has 1 aromatic heterocycles. The van der Waals surface area contributed by atoms with E-state index in [0.717, 1.165) is 6.26 Å². The van der Waals surface area contributed by atoms with Crippen LogP contribution < -0.4 is 5.32 Å². The highest BCUT2D eigenvalue weighted by Crippen LogP contribution is 2.17. The average molecular weight is 214 g/mol. The number of aromatic carboxylic acids is 1. The van der Waals surface area contributed by atoms with Crippen molar-refractivity contribution in [1.29, 1.82) is 0 Å². The van der Waals surface area contributed by atoms with E-state index in [9.17, 15) is 4.79 Å². The summed E-state index contributed by atoms with van der Waals surface area (Å²) in [5.41, 5.74) is -0.713. The summed E-state index contributed by atoms with van der Waals surface area (Å²) in [4.78, 5) is 14.2. The lowest BCUT2D eigenvalue weighted by atomic mass is 10.0. The summed E-state index contributed by atoms with van der Waals surface area (Å²) in [5.74, 6) is -1.14. The Bertz CT molecular complexity index is 344. The molecule has 0 saturated carbocycles. The fourth-order valence-electron chi connectivity index (χ4n) is 0.927. The second-order valence-electron chi connectivity index (χ2n) is 3.54. The fourth-order valence-corrected chi connectivity index (χ4v) is 0.927. The first-order chi connectivity index (χ1) is 7.00. The van der Waals surface area contributed by atoms with Gasteiger partial charge in [-0.15, -0.1) is 0 Å². The van der Waals surface area contributed by atoms with Crippen LogP contribution in [0.3, 0.4) is 0 Å². The number of anilines is 1. The molecule has 1 aromatic rings. The number of carbonyl (C=O) groups is 1. The van der Waals surface area contributed by atoms with Crippen LogP contribution in [0.2, 0.25) is 0 Å². The predicted molar refractivity (Wildman–Crippen MR) is 52.9 cm³/mol. The van der Waals surface area contributed by atoms with Crippen molar-refractivity contribution in [2.24, 2.45) is 0 Å². The standard InChI is InChI=1S/C9H14N2O4/c1-3-9(2,5-12)11-8-10-6(4-15-8)7(13)14/h4,12H,3,5H2,1-2H3,(H,10,11)(H,13,14). The van der Waals surface area contributed by atoms with Crippen LogP contribution in [0.1, 0.15) is 30.8 Å². The van der Waals surface area contributed by atoms with Gasteiger partial charge in [-0.05, 0) is 13.3 Å². The third kappa shape index (κ3) is 2.69. The predicted octanol–water partition coefficient (Wildman–Crippen LogP) is 0.946. The van der Waals surface area contributed by atoms with Crippen LogP contribution in [-0.2, 0) is 0 Å². The summed E-state index contributed by atoms with van der Waals surface area (Å²) < 4.78 is 4.91. The summed E-state index contributed by atoms with van der Waals surface area (Å²) >= 11 is 0. The molecule has 0 bridgehead atoms. The summed E-state index contributed by atoms with van der Waals surface area (Å²) in [6.45, 7) is 3.59. The van der Waals surface area contributed by atoms with Gasteiger partial charge < -0.3 is 19.9 Å². The Balaban J connectivity index is 2.76. The molecule has 1 rings (SSSR count). The molecular weight excluding hydrogens is 200 g/mol. The van der Waals surface area contributed by atoms with E-state index in [4.69, 9.17) is 14.6 Å². The largest absolute Gasteiger partial charge is 0.476 e. The van der Waals surface area contributed by atoms with Crippen molar-refractivity contribution in [2.45, 2.75) is 25.8 Å². The molecule has 0 aliphatic rings. The highest BCUT2D eigenvalue weighted by molar-refractivity contribution is 5.85. The number of nitrogens with zero attached hydrogens (tertiary/aromatic N) is 1. The Hall–Kier alpha value is -1.56. The van der Waals surface area contributed by atoms with Crippen molar-refractivity contribution in [3.63, 3.8) is 0 Å². The van der Waals surface area contributed by atoms with Crippen LogP contribution in [0.25, 0.3) is 0 Å². The molecule has 1 unspecified atom stereocenters. The van der Waals surface area contributed by atoms with Crippen molar-refractivity contribution in [2.75, 3.05) is 11.9 Å². The number of aromatic nitrogens is 1. The van der Waals surface area contributed by atoms with Gasteiger partial charge in [-0.2, -0.15) is 4.98 Å². The van der Waals surface area contributed by atoms with E-state index in [1.54, 1.807) is 6.92 Å². The number of nitrogens with one attached hydrogen (secondary N) is 1. The molecule has 0 aliphatic heterocycles. The fraction of sp³-hybridized carbons (Fsp3) is 0.556. The Labute approximate surface area is 86.9 Å². The third-order valence-corrected chi connectivity index (χ3v) is 2.26. The van der Waals surface area contributed by atoms with E-state index in [1.165, 1.54) is 0 Å². The van der Waals surface area contributed by atoms with E-state index in [0.29, 0.717) is 6.42 Å². The number of carboxylic acid groups (broad SMARTS) is 1. The quantitative estimate of drug-likeness (QED) is 0.675. The molecule has 0 spiro atoms. The molecule has 1 heterocycles. The lowest BCUT2D eigenvalue weighted by Gasteiger charge is -2.25. The Kier molecular flexibility index (Phi) is 3.31. The van der Waals surface area contributed by atoms with Gasteiger partial charge in [0, 0.05) is 0 Å². The van der Waals surface area contributed by atoms with Crippen molar-refractivity contribution in [3.8, 4) is 0 Å². The molecule has 0 aliphatic carbocycles. The van der Waals surface area contributed by atoms with Crippen LogP contribution in [0.15, 0.2) is 10.7 Å². The SMILES string of the molecule is CCC(C)(CO)Nc1nc(C(=O)O)co1. The van der Waals surface area contributed by atoms with Crippen molar-refractivity contribution < 1.29 is 19.4 Å². The van der Waals surface area contributed by atoms with Crippen LogP contribution in [-0.4, -0.2) is 33.3 Å². The first-order valence-electron chi connectivity index (χ1n) is 4.58. The smallest absolute Gasteiger partial charge is 0.357 e. The molecule has 0 fully saturated rings. The topological polar surface area (TPSA) is 95.6 Å². The molecule has 84 valence electrons. The van der Waals surface area contributed by atoms with Gasteiger partial charge in [0.15, 0.2) is 5.69 Å². The molecule has 0 amide bonds. The number of hydrogen-bond acceptors (Lipinski definition) is 5. The summed E-state index contributed by atoms with van der Waals surface area (Å²) in [7, 11) is 0. The van der Waals surface area contributed by atoms with Crippen molar-refractivity contribution >= 4 is 12.0 Å². The number of aliphatic hydroxyl groups excluding tert-OH is 1. The highest BCUT2D eigenvalue weighted by atomic mass is 16.4. The van der Waals surface area contributed by atoms with Crippen LogP contribution in [0.4, 0.5) is 6.01 Å². The normalized spacial score (nSPS) is 14.6. The van der Waals surface area contributed by atoms with Crippen molar-refractivity contribution in [1.82, 2.24) is 4.98 Å². The van der Waals surface area contributed by atoms with E-state index >= 15 is 0 Å². The minimum absolute atomic E-state index is 0.0890. The number of rotatable bonds is 5. The van der Waals surface area contributed by atoms with Gasteiger partial charge in [-0.25, -0.2) is 4.79 Å². The molecule has 3 N–H and O–H groups in total. The van der Waals surface area contributed by atoms with Gasteiger partial charge in [0.25, 0.3) is 6.01 Å². The zero-order valence-corrected chi connectivity index (χ0v) is 8.65. The third-order valence-electron chi connectivity index (χ3n) is 2.26. The molecular formula is C9H14N2O4. The number of oxazole rings is 1. The first-order valence-corrected chi connectivity index (χ1v) is 4.58. The van der Waals surface area contributed by atoms with E-state index in [-0.39, 0.29) is 18.3 Å². The summed E-state index contributed by atoms with van der Waals surface area (Å²) in [6, 6.07) is 0.103. The Morgan fingerprint density at radius 3 is 2.80 bits per heavy atom. The minimum Gasteiger partial charge on any atom is -0.476 e. The highest BCUT2D eigenvalue weighted by Gasteiger charge is 2.23. The van der Waals surface area contributed by atoms with Gasteiger partial charge in [-0.1, -0.05) is 6.92 Å². The van der Waals surface area contributed by atoms with Crippen molar-refractivity contribution in [3.05, 3.63) is 12.0 Å². The molecule has 0 radical (unpaired) electrons. The first kappa shape index (κ1) is 11.5. The maximum absolute atomic E-state index is 10.5. The zero-order chi connectivity index (χ0) is 11.5. The number of aliphatic hydroxyl groups is 1. The molecule has 1 atom stereocenters. The molecule has 15 heavy (non-hydrogen) atoms. The Morgan fingerprint density at radius 1 is 1.73 bits per heavy atom. The van der Waals surface area contributed by atoms with Gasteiger partial charge in [0.1, 0.15) is 6.26 Å². The van der Waals surface area contributed by atoms with Crippen LogP contribution >= 0.6 is 0 Å². The van der Waals surface area contributed by atoms with E-state index < -0.39 is 11.5 Å². The number of carboxylic acids is 1. The molecule has 6 nitrogen and oxygen atoms in total. The Morgan fingerprint density at radius 2 is 2.40 bits per heavy atom. The minimum atomic E-state index is -1.14. The second-order valence-corrected chi connectivity index (χ2v) is 3.54. The van der Waals surface area contributed by atoms with Gasteiger partial charge in [-0.3, -0.25) is 0 Å². The lowest BCUT2D eigenvalue weighted by molar-refractivity contribution is 0.0690. The van der Waals surface area contributed by atoms with Crippen LogP contribution in [0.5, 0.6) is 0 Å². The molecule has 0 aromatic carbocycles. The lowest BCUT2D eigenvalue weighted by Crippen LogP contribution is -2.38. The summed E-state index contributed by atoms with van der Waals surface area (Å²) in [5, 5.41) is 20.6. The summed E-state index contributed by atoms with van der Waals surface area (Å²) in [6.07, 6.45) is 1.71. The maximum Gasteiger partial charge on any atom is 0.357 e. The monoisotopic (exact) mass is 214 g/mol. The van der Waals surface area contributed by atoms with Gasteiger partial charge in [0.2, 0.25) is 0 Å². The van der Waals surface area contributed by atoms with Crippen LogP contribution in [0, 0.1) is 0 Å². The van der Waals surface area contributed by atoms with Gasteiger partial charge >= 0.3 is 5.97 Å². The molecule has 6 heteroatoms. The molecule has 0 saturated heterocycles. The second kappa shape index (κ2) is 4.31. The van der Waals surface area contributed by atoms with E-state index in [1.807, 2.05) is 6.92 Å².